The van der Waals surface area contributed by atoms with E-state index < -0.39 is 0 Å². The summed E-state index contributed by atoms with van der Waals surface area (Å²) in [5.41, 5.74) is 6.08. The summed E-state index contributed by atoms with van der Waals surface area (Å²) in [7, 11) is 0. The number of rotatable bonds is 3. The predicted molar refractivity (Wildman–Crippen MR) is 86.3 cm³/mol. The van der Waals surface area contributed by atoms with Gasteiger partial charge in [-0.25, -0.2) is 0 Å². The second-order valence-electron chi connectivity index (χ2n) is 7.50. The highest BCUT2D eigenvalue weighted by Crippen LogP contribution is 2.39. The van der Waals surface area contributed by atoms with E-state index in [0.717, 1.165) is 5.92 Å². The number of nitrogens with two attached hydrogens (primary N) is 1. The fourth-order valence-electron chi connectivity index (χ4n) is 3.55. The molecule has 2 nitrogen and oxygen atoms in total. The van der Waals surface area contributed by atoms with Gasteiger partial charge in [-0.2, -0.15) is 0 Å². The number of benzene rings is 1. The van der Waals surface area contributed by atoms with Crippen molar-refractivity contribution in [2.24, 2.45) is 17.7 Å². The normalized spacial score (nSPS) is 25.4. The van der Waals surface area contributed by atoms with Crippen molar-refractivity contribution in [2.45, 2.75) is 64.8 Å². The minimum atomic E-state index is 0.160. The van der Waals surface area contributed by atoms with Gasteiger partial charge < -0.3 is 0 Å². The molecular weight excluding hydrogens is 244 g/mol. The Morgan fingerprint density at radius 1 is 1.10 bits per heavy atom. The lowest BCUT2D eigenvalue weighted by atomic mass is 9.74. The first-order chi connectivity index (χ1) is 9.43. The van der Waals surface area contributed by atoms with Gasteiger partial charge in [0.15, 0.2) is 0 Å². The van der Waals surface area contributed by atoms with E-state index in [1.807, 2.05) is 0 Å². The van der Waals surface area contributed by atoms with Gasteiger partial charge in [0, 0.05) is 6.04 Å². The Morgan fingerprint density at radius 3 is 2.25 bits per heavy atom. The smallest absolute Gasteiger partial charge is 0.0491 e. The third-order valence-corrected chi connectivity index (χ3v) is 4.82. The van der Waals surface area contributed by atoms with Gasteiger partial charge in [-0.3, -0.25) is 11.3 Å². The monoisotopic (exact) mass is 274 g/mol. The molecule has 0 amide bonds. The highest BCUT2D eigenvalue weighted by atomic mass is 15.2. The SMILES string of the molecule is CC1CCC(C(NN)c2ccccc2C(C)(C)C)CC1. The third-order valence-electron chi connectivity index (χ3n) is 4.82. The van der Waals surface area contributed by atoms with Gasteiger partial charge in [0.05, 0.1) is 0 Å². The number of hydrazine groups is 1. The van der Waals surface area contributed by atoms with Crippen LogP contribution in [0.5, 0.6) is 0 Å². The summed E-state index contributed by atoms with van der Waals surface area (Å²) in [4.78, 5) is 0. The van der Waals surface area contributed by atoms with Crippen LogP contribution in [0.25, 0.3) is 0 Å². The maximum absolute atomic E-state index is 5.93. The van der Waals surface area contributed by atoms with E-state index in [-0.39, 0.29) is 11.5 Å². The van der Waals surface area contributed by atoms with Crippen LogP contribution in [-0.2, 0) is 5.41 Å². The Balaban J connectivity index is 2.28. The predicted octanol–water partition coefficient (Wildman–Crippen LogP) is 4.31. The largest absolute Gasteiger partial charge is 0.271 e. The molecule has 1 unspecified atom stereocenters. The summed E-state index contributed by atoms with van der Waals surface area (Å²) >= 11 is 0. The molecule has 1 aromatic rings. The molecule has 3 N–H and O–H groups in total. The molecule has 1 saturated carbocycles. The zero-order valence-corrected chi connectivity index (χ0v) is 13.4. The standard InChI is InChI=1S/C18H30N2/c1-13-9-11-14(12-10-13)17(20-19)15-7-5-6-8-16(15)18(2,3)4/h5-8,13-14,17,20H,9-12,19H2,1-4H3. The van der Waals surface area contributed by atoms with Crippen molar-refractivity contribution < 1.29 is 0 Å². The van der Waals surface area contributed by atoms with Crippen LogP contribution < -0.4 is 11.3 Å². The molecule has 0 bridgehead atoms. The van der Waals surface area contributed by atoms with Gasteiger partial charge in [-0.15, -0.1) is 0 Å². The molecule has 1 atom stereocenters. The second-order valence-corrected chi connectivity index (χ2v) is 7.50. The van der Waals surface area contributed by atoms with Crippen molar-refractivity contribution in [1.82, 2.24) is 5.43 Å². The van der Waals surface area contributed by atoms with E-state index in [2.05, 4.69) is 57.4 Å². The van der Waals surface area contributed by atoms with Gasteiger partial charge >= 0.3 is 0 Å². The molecule has 112 valence electrons. The highest BCUT2D eigenvalue weighted by molar-refractivity contribution is 5.35. The summed E-state index contributed by atoms with van der Waals surface area (Å²) in [5.74, 6) is 7.48. The Bertz CT molecular complexity index is 425. The highest BCUT2D eigenvalue weighted by Gasteiger charge is 2.30. The first-order valence-corrected chi connectivity index (χ1v) is 7.99. The summed E-state index contributed by atoms with van der Waals surface area (Å²) in [6, 6.07) is 9.08. The molecule has 0 aliphatic heterocycles. The van der Waals surface area contributed by atoms with Crippen molar-refractivity contribution in [2.75, 3.05) is 0 Å². The maximum atomic E-state index is 5.93. The van der Waals surface area contributed by atoms with Gasteiger partial charge in [0.2, 0.25) is 0 Å². The lowest BCUT2D eigenvalue weighted by molar-refractivity contribution is 0.231. The topological polar surface area (TPSA) is 38.0 Å². The molecule has 0 aromatic heterocycles. The summed E-state index contributed by atoms with van der Waals surface area (Å²) in [6.45, 7) is 9.21. The van der Waals surface area contributed by atoms with E-state index in [4.69, 9.17) is 5.84 Å². The van der Waals surface area contributed by atoms with Crippen LogP contribution in [-0.4, -0.2) is 0 Å². The molecule has 0 radical (unpaired) electrons. The zero-order valence-electron chi connectivity index (χ0n) is 13.4. The van der Waals surface area contributed by atoms with E-state index in [1.165, 1.54) is 36.8 Å². The number of hydrogen-bond acceptors (Lipinski definition) is 2. The van der Waals surface area contributed by atoms with Gasteiger partial charge in [-0.1, -0.05) is 64.8 Å². The van der Waals surface area contributed by atoms with Gasteiger partial charge in [0.1, 0.15) is 0 Å². The van der Waals surface area contributed by atoms with E-state index in [0.29, 0.717) is 5.92 Å². The Kier molecular flexibility index (Phi) is 4.87. The quantitative estimate of drug-likeness (QED) is 0.636. The third kappa shape index (κ3) is 3.42. The van der Waals surface area contributed by atoms with Crippen molar-refractivity contribution >= 4 is 0 Å². The van der Waals surface area contributed by atoms with Crippen molar-refractivity contribution in [3.8, 4) is 0 Å². The molecule has 2 heteroatoms. The molecule has 0 saturated heterocycles. The molecule has 20 heavy (non-hydrogen) atoms. The van der Waals surface area contributed by atoms with Crippen LogP contribution in [0.15, 0.2) is 24.3 Å². The molecule has 1 aromatic carbocycles. The molecule has 0 heterocycles. The fourth-order valence-corrected chi connectivity index (χ4v) is 3.55. The Labute approximate surface area is 124 Å². The molecule has 1 aliphatic rings. The van der Waals surface area contributed by atoms with Crippen molar-refractivity contribution in [1.29, 1.82) is 0 Å². The van der Waals surface area contributed by atoms with Crippen LogP contribution in [0.2, 0.25) is 0 Å². The molecule has 1 fully saturated rings. The van der Waals surface area contributed by atoms with Crippen LogP contribution in [0.1, 0.15) is 70.5 Å². The van der Waals surface area contributed by atoms with Crippen LogP contribution in [0.4, 0.5) is 0 Å². The van der Waals surface area contributed by atoms with Crippen LogP contribution >= 0.6 is 0 Å². The van der Waals surface area contributed by atoms with E-state index >= 15 is 0 Å². The number of nitrogens with one attached hydrogen (secondary N) is 1. The lowest BCUT2D eigenvalue weighted by Crippen LogP contribution is -2.36. The first kappa shape index (κ1) is 15.5. The molecule has 1 aliphatic carbocycles. The summed E-state index contributed by atoms with van der Waals surface area (Å²) in [5, 5.41) is 0. The number of hydrogen-bond donors (Lipinski definition) is 2. The Hall–Kier alpha value is -0.860. The van der Waals surface area contributed by atoms with Crippen LogP contribution in [0, 0.1) is 11.8 Å². The van der Waals surface area contributed by atoms with Crippen LogP contribution in [0.3, 0.4) is 0 Å². The van der Waals surface area contributed by atoms with E-state index in [9.17, 15) is 0 Å². The minimum Gasteiger partial charge on any atom is -0.271 e. The first-order valence-electron chi connectivity index (χ1n) is 7.99. The summed E-state index contributed by atoms with van der Waals surface area (Å²) < 4.78 is 0. The average Bonchev–Trinajstić information content (AvgIpc) is 2.41. The molecule has 0 spiro atoms. The molecule has 2 rings (SSSR count). The lowest BCUT2D eigenvalue weighted by Gasteiger charge is -2.35. The molecular formula is C18H30N2. The van der Waals surface area contributed by atoms with Crippen molar-refractivity contribution in [3.63, 3.8) is 0 Å². The minimum absolute atomic E-state index is 0.160. The average molecular weight is 274 g/mol. The second kappa shape index (κ2) is 6.28. The van der Waals surface area contributed by atoms with Gasteiger partial charge in [-0.05, 0) is 41.2 Å². The van der Waals surface area contributed by atoms with Gasteiger partial charge in [0.25, 0.3) is 0 Å². The summed E-state index contributed by atoms with van der Waals surface area (Å²) in [6.07, 6.45) is 5.24. The fraction of sp³-hybridized carbons (Fsp3) is 0.667. The maximum Gasteiger partial charge on any atom is 0.0491 e. The Morgan fingerprint density at radius 2 is 1.70 bits per heavy atom. The van der Waals surface area contributed by atoms with Crippen molar-refractivity contribution in [3.05, 3.63) is 35.4 Å². The zero-order chi connectivity index (χ0) is 14.8. The van der Waals surface area contributed by atoms with E-state index in [1.54, 1.807) is 0 Å².